The van der Waals surface area contributed by atoms with E-state index in [0.717, 1.165) is 5.56 Å². The van der Waals surface area contributed by atoms with Crippen LogP contribution in [0.2, 0.25) is 5.02 Å². The van der Waals surface area contributed by atoms with Gasteiger partial charge in [0.05, 0.1) is 16.1 Å². The van der Waals surface area contributed by atoms with Gasteiger partial charge in [0.25, 0.3) is 0 Å². The summed E-state index contributed by atoms with van der Waals surface area (Å²) >= 11 is 6.44. The van der Waals surface area contributed by atoms with Crippen molar-refractivity contribution in [3.05, 3.63) is 81.7 Å². The largest absolute Gasteiger partial charge is 0.480 e. The summed E-state index contributed by atoms with van der Waals surface area (Å²) in [7, 11) is 0. The highest BCUT2D eigenvalue weighted by molar-refractivity contribution is 6.35. The molecule has 0 aliphatic rings. The maximum Gasteiger partial charge on any atom is 0.323 e. The highest BCUT2D eigenvalue weighted by Gasteiger charge is 2.19. The number of benzene rings is 3. The Bertz CT molecular complexity index is 1270. The summed E-state index contributed by atoms with van der Waals surface area (Å²) < 4.78 is 15.3. The third-order valence-electron chi connectivity index (χ3n) is 4.49. The van der Waals surface area contributed by atoms with Gasteiger partial charge in [0, 0.05) is 16.3 Å². The number of pyridine rings is 1. The Morgan fingerprint density at radius 2 is 1.74 bits per heavy atom. The van der Waals surface area contributed by atoms with Gasteiger partial charge in [0.2, 0.25) is 0 Å². The number of nitrogens with zero attached hydrogens (tertiary/aromatic N) is 1. The summed E-state index contributed by atoms with van der Waals surface area (Å²) in [5.74, 6) is -1.66. The second-order valence-electron chi connectivity index (χ2n) is 6.16. The van der Waals surface area contributed by atoms with Crippen LogP contribution in [0.1, 0.15) is 0 Å². The number of hydrogen-bond donors (Lipinski definition) is 1. The highest BCUT2D eigenvalue weighted by atomic mass is 35.5. The van der Waals surface area contributed by atoms with E-state index in [1.807, 2.05) is 30.3 Å². The van der Waals surface area contributed by atoms with Gasteiger partial charge in [0.15, 0.2) is 5.43 Å². The minimum Gasteiger partial charge on any atom is -0.480 e. The molecule has 0 atom stereocenters. The predicted octanol–water partition coefficient (Wildman–Crippen LogP) is 4.70. The second-order valence-corrected chi connectivity index (χ2v) is 6.56. The summed E-state index contributed by atoms with van der Waals surface area (Å²) in [6.45, 7) is -0.434. The molecule has 0 amide bonds. The molecule has 4 rings (SSSR count). The van der Waals surface area contributed by atoms with Crippen molar-refractivity contribution in [3.63, 3.8) is 0 Å². The number of halogens is 2. The van der Waals surface area contributed by atoms with Crippen molar-refractivity contribution in [3.8, 4) is 11.1 Å². The van der Waals surface area contributed by atoms with Crippen molar-refractivity contribution in [1.29, 1.82) is 0 Å². The van der Waals surface area contributed by atoms with E-state index >= 15 is 0 Å². The quantitative estimate of drug-likeness (QED) is 0.523. The molecule has 27 heavy (non-hydrogen) atoms. The second kappa shape index (κ2) is 6.52. The van der Waals surface area contributed by atoms with E-state index in [4.69, 9.17) is 11.6 Å². The lowest BCUT2D eigenvalue weighted by Gasteiger charge is -2.18. The van der Waals surface area contributed by atoms with E-state index in [2.05, 4.69) is 0 Å². The molecule has 0 aliphatic carbocycles. The Balaban J connectivity index is 2.29. The lowest BCUT2D eigenvalue weighted by Crippen LogP contribution is -2.17. The molecule has 134 valence electrons. The SMILES string of the molecule is O=C(O)Cn1c2cc(F)ccc2c(=O)c2ccc(Cl)c(-c3ccccc3)c21. The fourth-order valence-electron chi connectivity index (χ4n) is 3.39. The fourth-order valence-corrected chi connectivity index (χ4v) is 3.66. The molecule has 1 aromatic heterocycles. The molecule has 0 aliphatic heterocycles. The highest BCUT2D eigenvalue weighted by Crippen LogP contribution is 2.35. The van der Waals surface area contributed by atoms with Gasteiger partial charge in [-0.3, -0.25) is 9.59 Å². The summed E-state index contributed by atoms with van der Waals surface area (Å²) in [6, 6.07) is 16.1. The molecule has 3 aromatic carbocycles. The van der Waals surface area contributed by atoms with Crippen molar-refractivity contribution < 1.29 is 14.3 Å². The van der Waals surface area contributed by atoms with Crippen molar-refractivity contribution >= 4 is 39.4 Å². The van der Waals surface area contributed by atoms with Crippen LogP contribution >= 0.6 is 11.6 Å². The molecule has 0 radical (unpaired) electrons. The maximum absolute atomic E-state index is 13.9. The molecule has 6 heteroatoms. The van der Waals surface area contributed by atoms with Crippen LogP contribution < -0.4 is 5.43 Å². The molecule has 1 heterocycles. The Morgan fingerprint density at radius 1 is 1.04 bits per heavy atom. The molecule has 0 saturated heterocycles. The van der Waals surface area contributed by atoms with Crippen LogP contribution in [0.25, 0.3) is 32.9 Å². The van der Waals surface area contributed by atoms with E-state index in [0.29, 0.717) is 21.5 Å². The minimum atomic E-state index is -1.11. The van der Waals surface area contributed by atoms with Gasteiger partial charge in [-0.2, -0.15) is 0 Å². The van der Waals surface area contributed by atoms with Gasteiger partial charge in [-0.25, -0.2) is 4.39 Å². The van der Waals surface area contributed by atoms with Crippen LogP contribution in [-0.4, -0.2) is 15.6 Å². The summed E-state index contributed by atoms with van der Waals surface area (Å²) in [4.78, 5) is 24.5. The van der Waals surface area contributed by atoms with Crippen molar-refractivity contribution in [1.82, 2.24) is 4.57 Å². The van der Waals surface area contributed by atoms with Crippen LogP contribution in [-0.2, 0) is 11.3 Å². The van der Waals surface area contributed by atoms with Crippen LogP contribution in [0.5, 0.6) is 0 Å². The zero-order valence-corrected chi connectivity index (χ0v) is 14.7. The lowest BCUT2D eigenvalue weighted by atomic mass is 9.99. The van der Waals surface area contributed by atoms with Crippen LogP contribution in [0.3, 0.4) is 0 Å². The third-order valence-corrected chi connectivity index (χ3v) is 4.81. The van der Waals surface area contributed by atoms with Gasteiger partial charge in [0.1, 0.15) is 12.4 Å². The molecule has 4 nitrogen and oxygen atoms in total. The fraction of sp³-hybridized carbons (Fsp3) is 0.0476. The Labute approximate surface area is 158 Å². The van der Waals surface area contributed by atoms with E-state index < -0.39 is 18.3 Å². The molecule has 0 bridgehead atoms. The molecule has 0 fully saturated rings. The first-order valence-electron chi connectivity index (χ1n) is 8.19. The molecular formula is C21H13ClFNO3. The first kappa shape index (κ1) is 17.2. The van der Waals surface area contributed by atoms with Crippen molar-refractivity contribution in [2.45, 2.75) is 6.54 Å². The number of carbonyl (C=O) groups is 1. The lowest BCUT2D eigenvalue weighted by molar-refractivity contribution is -0.137. The maximum atomic E-state index is 13.9. The number of fused-ring (bicyclic) bond motifs is 2. The summed E-state index contributed by atoms with van der Waals surface area (Å²) in [6.07, 6.45) is 0. The van der Waals surface area contributed by atoms with Gasteiger partial charge in [-0.1, -0.05) is 41.9 Å². The molecule has 0 saturated carbocycles. The minimum absolute atomic E-state index is 0.217. The van der Waals surface area contributed by atoms with E-state index in [9.17, 15) is 19.1 Å². The number of carboxylic acid groups (broad SMARTS) is 1. The topological polar surface area (TPSA) is 59.3 Å². The number of hydrogen-bond acceptors (Lipinski definition) is 2. The van der Waals surface area contributed by atoms with Gasteiger partial charge < -0.3 is 9.67 Å². The molecule has 0 unspecified atom stereocenters. The standard InChI is InChI=1S/C21H13ClFNO3/c22-16-9-8-15-20(19(16)12-4-2-1-3-5-12)24(11-18(25)26)17-10-13(23)6-7-14(17)21(15)27/h1-10H,11H2,(H,25,26). The number of aliphatic carboxylic acids is 1. The van der Waals surface area contributed by atoms with Crippen molar-refractivity contribution in [2.24, 2.45) is 0 Å². The van der Waals surface area contributed by atoms with Crippen LogP contribution in [0.4, 0.5) is 4.39 Å². The smallest absolute Gasteiger partial charge is 0.323 e. The number of aromatic nitrogens is 1. The van der Waals surface area contributed by atoms with E-state index in [1.165, 1.54) is 22.8 Å². The monoisotopic (exact) mass is 381 g/mol. The Morgan fingerprint density at radius 3 is 2.44 bits per heavy atom. The predicted molar refractivity (Wildman–Crippen MR) is 104 cm³/mol. The zero-order valence-electron chi connectivity index (χ0n) is 13.9. The van der Waals surface area contributed by atoms with Crippen LogP contribution in [0.15, 0.2) is 65.5 Å². The average molecular weight is 382 g/mol. The molecule has 1 N–H and O–H groups in total. The molecule has 4 aromatic rings. The number of carboxylic acids is 1. The van der Waals surface area contributed by atoms with E-state index in [-0.39, 0.29) is 16.3 Å². The first-order chi connectivity index (χ1) is 13.0. The van der Waals surface area contributed by atoms with Crippen LogP contribution in [0, 0.1) is 5.82 Å². The molecule has 0 spiro atoms. The normalized spacial score (nSPS) is 11.2. The third kappa shape index (κ3) is 2.86. The van der Waals surface area contributed by atoms with Gasteiger partial charge >= 0.3 is 5.97 Å². The van der Waals surface area contributed by atoms with E-state index in [1.54, 1.807) is 12.1 Å². The summed E-state index contributed by atoms with van der Waals surface area (Å²) in [5.41, 5.74) is 1.57. The zero-order chi connectivity index (χ0) is 19.1. The Kier molecular flexibility index (Phi) is 4.16. The van der Waals surface area contributed by atoms with Gasteiger partial charge in [-0.05, 0) is 35.9 Å². The Hall–Kier alpha value is -3.18. The summed E-state index contributed by atoms with van der Waals surface area (Å²) in [5, 5.41) is 10.4. The van der Waals surface area contributed by atoms with Crippen molar-refractivity contribution in [2.75, 3.05) is 0 Å². The first-order valence-corrected chi connectivity index (χ1v) is 8.56. The average Bonchev–Trinajstić information content (AvgIpc) is 2.65. The number of rotatable bonds is 3. The van der Waals surface area contributed by atoms with Gasteiger partial charge in [-0.15, -0.1) is 0 Å². The molecular weight excluding hydrogens is 369 g/mol.